The Bertz CT molecular complexity index is 154. The van der Waals surface area contributed by atoms with Gasteiger partial charge in [-0.2, -0.15) is 0 Å². The molecule has 110 valence electrons. The molecule has 0 bridgehead atoms. The Morgan fingerprint density at radius 1 is 0.722 bits per heavy atom. The monoisotopic (exact) mass is 256 g/mol. The highest BCUT2D eigenvalue weighted by molar-refractivity contribution is 4.63. The van der Waals surface area contributed by atoms with Crippen LogP contribution in [0.25, 0.3) is 0 Å². The second-order valence-electron chi connectivity index (χ2n) is 5.92. The first-order valence-electron chi connectivity index (χ1n) is 8.33. The lowest BCUT2D eigenvalue weighted by molar-refractivity contribution is 0.0137. The Morgan fingerprint density at radius 2 is 1.28 bits per heavy atom. The van der Waals surface area contributed by atoms with Crippen LogP contribution in [0, 0.1) is 5.92 Å². The van der Waals surface area contributed by atoms with Gasteiger partial charge >= 0.3 is 0 Å². The maximum absolute atomic E-state index is 5.99. The van der Waals surface area contributed by atoms with Gasteiger partial charge in [0.2, 0.25) is 0 Å². The molecule has 18 heavy (non-hydrogen) atoms. The van der Waals surface area contributed by atoms with Crippen LogP contribution in [0.5, 0.6) is 0 Å². The van der Waals surface area contributed by atoms with E-state index in [9.17, 15) is 0 Å². The molecular formula is C17H36O. The van der Waals surface area contributed by atoms with E-state index < -0.39 is 0 Å². The summed E-state index contributed by atoms with van der Waals surface area (Å²) in [6, 6.07) is 0. The normalized spacial score (nSPS) is 13.2. The zero-order valence-electron chi connectivity index (χ0n) is 13.3. The van der Waals surface area contributed by atoms with Crippen LogP contribution >= 0.6 is 0 Å². The van der Waals surface area contributed by atoms with Crippen LogP contribution < -0.4 is 0 Å². The van der Waals surface area contributed by atoms with Crippen LogP contribution in [-0.2, 0) is 4.74 Å². The number of rotatable bonds is 13. The summed E-state index contributed by atoms with van der Waals surface area (Å²) in [6.07, 6.45) is 14.0. The molecule has 0 radical (unpaired) electrons. The lowest BCUT2D eigenvalue weighted by Crippen LogP contribution is -2.20. The first kappa shape index (κ1) is 18.0. The van der Waals surface area contributed by atoms with Crippen molar-refractivity contribution in [1.82, 2.24) is 0 Å². The molecule has 0 aromatic carbocycles. The van der Waals surface area contributed by atoms with Crippen molar-refractivity contribution >= 4 is 0 Å². The van der Waals surface area contributed by atoms with E-state index in [0.717, 1.165) is 6.61 Å². The molecule has 1 atom stereocenters. The number of ether oxygens (including phenoxy) is 1. The molecule has 0 saturated carbocycles. The van der Waals surface area contributed by atoms with Crippen LogP contribution in [0.3, 0.4) is 0 Å². The van der Waals surface area contributed by atoms with Crippen molar-refractivity contribution in [3.05, 3.63) is 0 Å². The Labute approximate surface area is 116 Å². The minimum Gasteiger partial charge on any atom is -0.378 e. The van der Waals surface area contributed by atoms with E-state index in [1.165, 1.54) is 64.2 Å². The number of hydrogen-bond donors (Lipinski definition) is 0. The van der Waals surface area contributed by atoms with Gasteiger partial charge in [-0.25, -0.2) is 0 Å². The van der Waals surface area contributed by atoms with Crippen molar-refractivity contribution < 1.29 is 4.74 Å². The quantitative estimate of drug-likeness (QED) is 0.369. The van der Waals surface area contributed by atoms with Crippen LogP contribution in [-0.4, -0.2) is 12.7 Å². The van der Waals surface area contributed by atoms with Crippen molar-refractivity contribution in [2.24, 2.45) is 5.92 Å². The molecule has 0 N–H and O–H groups in total. The molecule has 0 fully saturated rings. The number of unbranched alkanes of at least 4 members (excludes halogenated alkanes) is 7. The second-order valence-corrected chi connectivity index (χ2v) is 5.92. The number of hydrogen-bond acceptors (Lipinski definition) is 1. The van der Waals surface area contributed by atoms with E-state index in [-0.39, 0.29) is 0 Å². The second kappa shape index (κ2) is 13.4. The van der Waals surface area contributed by atoms with Gasteiger partial charge in [-0.15, -0.1) is 0 Å². The van der Waals surface area contributed by atoms with Gasteiger partial charge in [-0.05, 0) is 18.8 Å². The first-order chi connectivity index (χ1) is 8.72. The Balaban J connectivity index is 3.46. The van der Waals surface area contributed by atoms with Crippen LogP contribution in [0.2, 0.25) is 0 Å². The summed E-state index contributed by atoms with van der Waals surface area (Å²) in [5, 5.41) is 0. The van der Waals surface area contributed by atoms with E-state index in [1.807, 2.05) is 0 Å². The molecule has 0 aromatic heterocycles. The van der Waals surface area contributed by atoms with E-state index in [4.69, 9.17) is 4.74 Å². The van der Waals surface area contributed by atoms with Gasteiger partial charge in [0.1, 0.15) is 0 Å². The van der Waals surface area contributed by atoms with Crippen LogP contribution in [0.1, 0.15) is 91.9 Å². The van der Waals surface area contributed by atoms with Gasteiger partial charge in [0.25, 0.3) is 0 Å². The Morgan fingerprint density at radius 3 is 1.83 bits per heavy atom. The summed E-state index contributed by atoms with van der Waals surface area (Å²) in [5.41, 5.74) is 0. The predicted molar refractivity (Wildman–Crippen MR) is 82.1 cm³/mol. The van der Waals surface area contributed by atoms with Gasteiger partial charge in [-0.1, -0.05) is 79.1 Å². The molecule has 0 aromatic rings. The van der Waals surface area contributed by atoms with Crippen molar-refractivity contribution in [2.45, 2.75) is 98.0 Å². The molecule has 0 saturated heterocycles. The molecule has 1 unspecified atom stereocenters. The summed E-state index contributed by atoms with van der Waals surface area (Å²) in [7, 11) is 0. The lowest BCUT2D eigenvalue weighted by Gasteiger charge is -2.21. The third-order valence-electron chi connectivity index (χ3n) is 3.67. The molecular weight excluding hydrogens is 220 g/mol. The largest absolute Gasteiger partial charge is 0.378 e. The fourth-order valence-electron chi connectivity index (χ4n) is 2.29. The maximum atomic E-state index is 5.99. The Hall–Kier alpha value is -0.0400. The minimum atomic E-state index is 0.493. The molecule has 0 rings (SSSR count). The van der Waals surface area contributed by atoms with Gasteiger partial charge in [0, 0.05) is 6.61 Å². The third kappa shape index (κ3) is 11.1. The summed E-state index contributed by atoms with van der Waals surface area (Å²) in [4.78, 5) is 0. The van der Waals surface area contributed by atoms with E-state index in [1.54, 1.807) is 0 Å². The van der Waals surface area contributed by atoms with Gasteiger partial charge in [0.15, 0.2) is 0 Å². The molecule has 1 heteroatoms. The highest BCUT2D eigenvalue weighted by Crippen LogP contribution is 2.16. The van der Waals surface area contributed by atoms with Crippen molar-refractivity contribution in [2.75, 3.05) is 6.61 Å². The summed E-state index contributed by atoms with van der Waals surface area (Å²) >= 11 is 0. The molecule has 0 aliphatic heterocycles. The minimum absolute atomic E-state index is 0.493. The fourth-order valence-corrected chi connectivity index (χ4v) is 2.29. The Kier molecular flexibility index (Phi) is 13.4. The van der Waals surface area contributed by atoms with Crippen molar-refractivity contribution in [3.63, 3.8) is 0 Å². The SMILES string of the molecule is CCCCCCCCCC(OCCCC)C(C)C. The average Bonchev–Trinajstić information content (AvgIpc) is 2.35. The van der Waals surface area contributed by atoms with Crippen molar-refractivity contribution in [1.29, 1.82) is 0 Å². The third-order valence-corrected chi connectivity index (χ3v) is 3.67. The zero-order chi connectivity index (χ0) is 13.6. The molecule has 0 spiro atoms. The average molecular weight is 256 g/mol. The first-order valence-corrected chi connectivity index (χ1v) is 8.33. The van der Waals surface area contributed by atoms with E-state index >= 15 is 0 Å². The summed E-state index contributed by atoms with van der Waals surface area (Å²) < 4.78 is 5.99. The smallest absolute Gasteiger partial charge is 0.0598 e. The molecule has 0 amide bonds. The van der Waals surface area contributed by atoms with E-state index in [0.29, 0.717) is 12.0 Å². The molecule has 1 nitrogen and oxygen atoms in total. The molecule has 0 aliphatic rings. The molecule has 0 aliphatic carbocycles. The van der Waals surface area contributed by atoms with E-state index in [2.05, 4.69) is 27.7 Å². The highest BCUT2D eigenvalue weighted by atomic mass is 16.5. The van der Waals surface area contributed by atoms with Gasteiger partial charge in [0.05, 0.1) is 6.10 Å². The standard InChI is InChI=1S/C17H36O/c1-5-7-9-10-11-12-13-14-17(16(3)4)18-15-8-6-2/h16-17H,5-15H2,1-4H3. The zero-order valence-corrected chi connectivity index (χ0v) is 13.3. The molecule has 0 heterocycles. The summed E-state index contributed by atoms with van der Waals surface area (Å²) in [6.45, 7) is 10.0. The highest BCUT2D eigenvalue weighted by Gasteiger charge is 2.12. The topological polar surface area (TPSA) is 9.23 Å². The van der Waals surface area contributed by atoms with Crippen LogP contribution in [0.4, 0.5) is 0 Å². The fraction of sp³-hybridized carbons (Fsp3) is 1.00. The van der Waals surface area contributed by atoms with Crippen molar-refractivity contribution in [3.8, 4) is 0 Å². The maximum Gasteiger partial charge on any atom is 0.0598 e. The van der Waals surface area contributed by atoms with Crippen LogP contribution in [0.15, 0.2) is 0 Å². The lowest BCUT2D eigenvalue weighted by atomic mass is 9.99. The van der Waals surface area contributed by atoms with Gasteiger partial charge in [-0.3, -0.25) is 0 Å². The predicted octanol–water partition coefficient (Wildman–Crippen LogP) is 5.97. The van der Waals surface area contributed by atoms with Gasteiger partial charge < -0.3 is 4.74 Å². The summed E-state index contributed by atoms with van der Waals surface area (Å²) in [5.74, 6) is 0.668.